The molecule has 0 unspecified atom stereocenters. The van der Waals surface area contributed by atoms with E-state index in [1.54, 1.807) is 6.20 Å². The third kappa shape index (κ3) is 2.89. The molecule has 2 aromatic carbocycles. The monoisotopic (exact) mass is 358 g/mol. The first-order valence-corrected chi connectivity index (χ1v) is 9.47. The highest BCUT2D eigenvalue weighted by Gasteiger charge is 2.29. The van der Waals surface area contributed by atoms with Gasteiger partial charge in [-0.1, -0.05) is 12.1 Å². The number of anilines is 3. The highest BCUT2D eigenvalue weighted by molar-refractivity contribution is 6.00. The number of rotatable bonds is 3. The van der Waals surface area contributed by atoms with Gasteiger partial charge in [-0.25, -0.2) is 4.98 Å². The van der Waals surface area contributed by atoms with Crippen LogP contribution in [-0.4, -0.2) is 16.9 Å². The fraction of sp³-hybridized carbons (Fsp3) is 0.273. The molecule has 5 nitrogen and oxygen atoms in total. The number of amides is 1. The van der Waals surface area contributed by atoms with Crippen LogP contribution in [0.2, 0.25) is 0 Å². The number of nitrogens with two attached hydrogens (primary N) is 1. The largest absolute Gasteiger partial charge is 0.398 e. The minimum atomic E-state index is 0.0620. The summed E-state index contributed by atoms with van der Waals surface area (Å²) < 4.78 is 0. The number of aromatic nitrogens is 1. The van der Waals surface area contributed by atoms with Crippen LogP contribution in [0.1, 0.15) is 25.3 Å². The van der Waals surface area contributed by atoms with Crippen molar-refractivity contribution >= 4 is 33.9 Å². The topological polar surface area (TPSA) is 80.0 Å². The Kier molecular flexibility index (Phi) is 3.57. The molecule has 4 N–H and O–H groups in total. The van der Waals surface area contributed by atoms with E-state index in [2.05, 4.69) is 46.8 Å². The lowest BCUT2D eigenvalue weighted by Gasteiger charge is -2.12. The van der Waals surface area contributed by atoms with Crippen molar-refractivity contribution in [1.82, 2.24) is 4.98 Å². The Bertz CT molecular complexity index is 1070. The predicted molar refractivity (Wildman–Crippen MR) is 110 cm³/mol. The van der Waals surface area contributed by atoms with Crippen molar-refractivity contribution in [3.8, 4) is 11.1 Å². The fourth-order valence-corrected chi connectivity index (χ4v) is 3.92. The minimum Gasteiger partial charge on any atom is -0.398 e. The van der Waals surface area contributed by atoms with Crippen molar-refractivity contribution in [1.29, 1.82) is 0 Å². The van der Waals surface area contributed by atoms with Crippen LogP contribution in [0.5, 0.6) is 0 Å². The van der Waals surface area contributed by atoms with Crippen molar-refractivity contribution in [3.05, 3.63) is 48.2 Å². The molecule has 1 atom stereocenters. The zero-order valence-corrected chi connectivity index (χ0v) is 15.3. The number of nitrogen functional groups attached to an aromatic ring is 1. The molecule has 0 spiro atoms. The molecule has 0 bridgehead atoms. The Morgan fingerprint density at radius 3 is 2.93 bits per heavy atom. The predicted octanol–water partition coefficient (Wildman–Crippen LogP) is 4.19. The van der Waals surface area contributed by atoms with E-state index in [-0.39, 0.29) is 11.8 Å². The van der Waals surface area contributed by atoms with E-state index in [1.807, 2.05) is 12.1 Å². The summed E-state index contributed by atoms with van der Waals surface area (Å²) in [6.07, 6.45) is 4.70. The van der Waals surface area contributed by atoms with Gasteiger partial charge in [-0.2, -0.15) is 0 Å². The lowest BCUT2D eigenvalue weighted by Crippen LogP contribution is -2.14. The van der Waals surface area contributed by atoms with E-state index >= 15 is 0 Å². The third-order valence-electron chi connectivity index (χ3n) is 5.47. The van der Waals surface area contributed by atoms with Gasteiger partial charge in [0.2, 0.25) is 5.91 Å². The number of hydrogen-bond donors (Lipinski definition) is 3. The SMILES string of the molecule is C[C@H]1Cc2c(cccc2-c2cc(N)c3cnc(NC(=O)C4CC4)cc3c2)N1. The summed E-state index contributed by atoms with van der Waals surface area (Å²) in [4.78, 5) is 16.4. The lowest BCUT2D eigenvalue weighted by atomic mass is 9.94. The van der Waals surface area contributed by atoms with Gasteiger partial charge in [0, 0.05) is 34.9 Å². The van der Waals surface area contributed by atoms with Crippen LogP contribution >= 0.6 is 0 Å². The van der Waals surface area contributed by atoms with Crippen molar-refractivity contribution in [2.75, 3.05) is 16.4 Å². The molecule has 2 aliphatic rings. The second-order valence-corrected chi connectivity index (χ2v) is 7.70. The molecule has 2 heterocycles. The molecular weight excluding hydrogens is 336 g/mol. The molecule has 0 radical (unpaired) electrons. The van der Waals surface area contributed by atoms with Gasteiger partial charge in [0.25, 0.3) is 0 Å². The second-order valence-electron chi connectivity index (χ2n) is 7.70. The molecule has 0 saturated heterocycles. The van der Waals surface area contributed by atoms with E-state index in [9.17, 15) is 4.79 Å². The van der Waals surface area contributed by atoms with Crippen molar-refractivity contribution in [2.45, 2.75) is 32.2 Å². The van der Waals surface area contributed by atoms with Gasteiger partial charge < -0.3 is 16.4 Å². The number of nitrogens with zero attached hydrogens (tertiary/aromatic N) is 1. The van der Waals surface area contributed by atoms with Gasteiger partial charge in [0.15, 0.2) is 0 Å². The maximum atomic E-state index is 12.0. The van der Waals surface area contributed by atoms with Crippen LogP contribution in [0, 0.1) is 5.92 Å². The molecule has 1 aliphatic heterocycles. The number of fused-ring (bicyclic) bond motifs is 2. The Labute approximate surface area is 158 Å². The Balaban J connectivity index is 1.58. The van der Waals surface area contributed by atoms with Crippen LogP contribution in [0.15, 0.2) is 42.6 Å². The van der Waals surface area contributed by atoms with E-state index in [0.717, 1.165) is 35.6 Å². The molecule has 1 aromatic heterocycles. The fourth-order valence-electron chi connectivity index (χ4n) is 3.92. The van der Waals surface area contributed by atoms with Gasteiger partial charge in [-0.3, -0.25) is 4.79 Å². The third-order valence-corrected chi connectivity index (χ3v) is 5.47. The first kappa shape index (κ1) is 16.1. The van der Waals surface area contributed by atoms with Crippen molar-refractivity contribution in [2.24, 2.45) is 5.92 Å². The molecule has 1 saturated carbocycles. The zero-order chi connectivity index (χ0) is 18.5. The summed E-state index contributed by atoms with van der Waals surface area (Å²) in [6.45, 7) is 2.19. The van der Waals surface area contributed by atoms with Gasteiger partial charge in [0.1, 0.15) is 5.82 Å². The van der Waals surface area contributed by atoms with Crippen LogP contribution in [0.4, 0.5) is 17.2 Å². The number of hydrogen-bond acceptors (Lipinski definition) is 4. The van der Waals surface area contributed by atoms with Crippen LogP contribution in [0.25, 0.3) is 21.9 Å². The number of carbonyl (C=O) groups excluding carboxylic acids is 1. The lowest BCUT2D eigenvalue weighted by molar-refractivity contribution is -0.117. The molecule has 136 valence electrons. The highest BCUT2D eigenvalue weighted by atomic mass is 16.2. The number of carbonyl (C=O) groups is 1. The van der Waals surface area contributed by atoms with E-state index in [0.29, 0.717) is 17.5 Å². The molecule has 5 heteroatoms. The first-order valence-electron chi connectivity index (χ1n) is 9.47. The summed E-state index contributed by atoms with van der Waals surface area (Å²) in [7, 11) is 0. The minimum absolute atomic E-state index is 0.0620. The Morgan fingerprint density at radius 2 is 2.11 bits per heavy atom. The Morgan fingerprint density at radius 1 is 1.26 bits per heavy atom. The molecule has 1 aliphatic carbocycles. The van der Waals surface area contributed by atoms with Crippen molar-refractivity contribution < 1.29 is 4.79 Å². The number of nitrogens with one attached hydrogen (secondary N) is 2. The van der Waals surface area contributed by atoms with Crippen LogP contribution < -0.4 is 16.4 Å². The zero-order valence-electron chi connectivity index (χ0n) is 15.3. The average Bonchev–Trinajstić information content (AvgIpc) is 3.42. The quantitative estimate of drug-likeness (QED) is 0.613. The molecular formula is C22H22N4O. The summed E-state index contributed by atoms with van der Waals surface area (Å²) in [5, 5.41) is 8.33. The molecule has 1 fully saturated rings. The molecule has 27 heavy (non-hydrogen) atoms. The number of benzene rings is 2. The van der Waals surface area contributed by atoms with Gasteiger partial charge in [-0.05, 0) is 72.5 Å². The smallest absolute Gasteiger partial charge is 0.228 e. The van der Waals surface area contributed by atoms with Crippen LogP contribution in [0.3, 0.4) is 0 Å². The highest BCUT2D eigenvalue weighted by Crippen LogP contribution is 2.38. The normalized spacial score (nSPS) is 18.2. The van der Waals surface area contributed by atoms with Gasteiger partial charge in [-0.15, -0.1) is 0 Å². The molecule has 3 aromatic rings. The first-order chi connectivity index (χ1) is 13.1. The summed E-state index contributed by atoms with van der Waals surface area (Å²) >= 11 is 0. The second kappa shape index (κ2) is 5.98. The maximum Gasteiger partial charge on any atom is 0.228 e. The van der Waals surface area contributed by atoms with Gasteiger partial charge in [0.05, 0.1) is 0 Å². The standard InChI is InChI=1S/C22H22N4O/c1-12-7-17-16(3-2-4-20(17)25-12)14-8-15-10-21(26-22(27)13-5-6-13)24-11-18(15)19(23)9-14/h2-4,8-13,25H,5-7,23H2,1H3,(H,24,26,27)/t12-/m0/s1. The molecule has 5 rings (SSSR count). The van der Waals surface area contributed by atoms with E-state index < -0.39 is 0 Å². The van der Waals surface area contributed by atoms with Crippen molar-refractivity contribution in [3.63, 3.8) is 0 Å². The summed E-state index contributed by atoms with van der Waals surface area (Å²) in [5.74, 6) is 0.803. The van der Waals surface area contributed by atoms with Crippen LogP contribution in [-0.2, 0) is 11.2 Å². The maximum absolute atomic E-state index is 12.0. The van der Waals surface area contributed by atoms with Gasteiger partial charge >= 0.3 is 0 Å². The summed E-state index contributed by atoms with van der Waals surface area (Å²) in [5.41, 5.74) is 11.9. The summed E-state index contributed by atoms with van der Waals surface area (Å²) in [6, 6.07) is 12.9. The number of pyridine rings is 1. The Hall–Kier alpha value is -3.08. The van der Waals surface area contributed by atoms with E-state index in [1.165, 1.54) is 16.8 Å². The average molecular weight is 358 g/mol. The van der Waals surface area contributed by atoms with E-state index in [4.69, 9.17) is 5.73 Å². The molecule has 1 amide bonds.